The number of sulfonamides is 1. The van der Waals surface area contributed by atoms with Gasteiger partial charge in [0.15, 0.2) is 0 Å². The summed E-state index contributed by atoms with van der Waals surface area (Å²) in [7, 11) is -3.66. The predicted octanol–water partition coefficient (Wildman–Crippen LogP) is 1.47. The number of rotatable bonds is 5. The van der Waals surface area contributed by atoms with Crippen molar-refractivity contribution in [2.24, 2.45) is 5.92 Å². The van der Waals surface area contributed by atoms with Gasteiger partial charge in [0, 0.05) is 12.5 Å². The molecular formula is C17H23N3O4S. The summed E-state index contributed by atoms with van der Waals surface area (Å²) in [4.78, 5) is 23.8. The second-order valence-corrected chi connectivity index (χ2v) is 8.81. The molecule has 25 heavy (non-hydrogen) atoms. The van der Waals surface area contributed by atoms with Gasteiger partial charge in [0.25, 0.3) is 5.91 Å². The molecule has 8 heteroatoms. The minimum Gasteiger partial charge on any atom is -0.323 e. The first-order valence-electron chi connectivity index (χ1n) is 8.48. The van der Waals surface area contributed by atoms with Crippen molar-refractivity contribution in [3.8, 4) is 0 Å². The van der Waals surface area contributed by atoms with E-state index in [0.29, 0.717) is 18.8 Å². The SMILES string of the molecule is CC(C)c1ccc(S(=O)(=O)NC[C@H]2CCC[C@]23NC(=O)NC3=O)cc1. The lowest BCUT2D eigenvalue weighted by Crippen LogP contribution is -2.53. The van der Waals surface area contributed by atoms with E-state index in [9.17, 15) is 18.0 Å². The molecular weight excluding hydrogens is 342 g/mol. The van der Waals surface area contributed by atoms with Crippen molar-refractivity contribution in [3.63, 3.8) is 0 Å². The van der Waals surface area contributed by atoms with E-state index in [1.54, 1.807) is 24.3 Å². The summed E-state index contributed by atoms with van der Waals surface area (Å²) < 4.78 is 27.6. The monoisotopic (exact) mass is 365 g/mol. The minimum atomic E-state index is -3.66. The van der Waals surface area contributed by atoms with Gasteiger partial charge in [-0.05, 0) is 36.5 Å². The van der Waals surface area contributed by atoms with E-state index in [4.69, 9.17) is 0 Å². The average Bonchev–Trinajstić information content (AvgIpc) is 3.09. The van der Waals surface area contributed by atoms with Crippen molar-refractivity contribution in [2.75, 3.05) is 6.54 Å². The summed E-state index contributed by atoms with van der Waals surface area (Å²) in [6.45, 7) is 4.20. The molecule has 0 unspecified atom stereocenters. The zero-order chi connectivity index (χ0) is 18.2. The van der Waals surface area contributed by atoms with E-state index in [1.807, 2.05) is 13.8 Å². The highest BCUT2D eigenvalue weighted by Gasteiger charge is 2.54. The molecule has 2 atom stereocenters. The summed E-state index contributed by atoms with van der Waals surface area (Å²) >= 11 is 0. The van der Waals surface area contributed by atoms with Gasteiger partial charge in [-0.15, -0.1) is 0 Å². The summed E-state index contributed by atoms with van der Waals surface area (Å²) in [5, 5.41) is 4.95. The Hall–Kier alpha value is -1.93. The van der Waals surface area contributed by atoms with Gasteiger partial charge in [0.2, 0.25) is 10.0 Å². The van der Waals surface area contributed by atoms with Gasteiger partial charge < -0.3 is 5.32 Å². The summed E-state index contributed by atoms with van der Waals surface area (Å²) in [5.41, 5.74) is 0.0835. The first-order valence-corrected chi connectivity index (χ1v) is 9.96. The van der Waals surface area contributed by atoms with Gasteiger partial charge in [0.05, 0.1) is 4.90 Å². The van der Waals surface area contributed by atoms with Crippen LogP contribution in [-0.4, -0.2) is 32.4 Å². The van der Waals surface area contributed by atoms with Gasteiger partial charge in [-0.25, -0.2) is 17.9 Å². The minimum absolute atomic E-state index is 0.113. The highest BCUT2D eigenvalue weighted by atomic mass is 32.2. The van der Waals surface area contributed by atoms with Crippen LogP contribution >= 0.6 is 0 Å². The van der Waals surface area contributed by atoms with Gasteiger partial charge in [-0.3, -0.25) is 10.1 Å². The van der Waals surface area contributed by atoms with Crippen LogP contribution in [0.1, 0.15) is 44.6 Å². The molecule has 1 heterocycles. The molecule has 1 aliphatic heterocycles. The summed E-state index contributed by atoms with van der Waals surface area (Å²) in [6, 6.07) is 6.28. The number of carbonyl (C=O) groups is 2. The third-order valence-electron chi connectivity index (χ3n) is 5.17. The first-order chi connectivity index (χ1) is 11.7. The number of hydrogen-bond donors (Lipinski definition) is 3. The lowest BCUT2D eigenvalue weighted by Gasteiger charge is -2.28. The molecule has 136 valence electrons. The Morgan fingerprint density at radius 3 is 2.48 bits per heavy atom. The Bertz CT molecular complexity index is 789. The zero-order valence-electron chi connectivity index (χ0n) is 14.3. The van der Waals surface area contributed by atoms with Gasteiger partial charge in [0.1, 0.15) is 5.54 Å². The lowest BCUT2D eigenvalue weighted by atomic mass is 9.87. The van der Waals surface area contributed by atoms with Gasteiger partial charge >= 0.3 is 6.03 Å². The molecule has 3 amide bonds. The quantitative estimate of drug-likeness (QED) is 0.687. The van der Waals surface area contributed by atoms with E-state index < -0.39 is 21.6 Å². The van der Waals surface area contributed by atoms with E-state index >= 15 is 0 Å². The Balaban J connectivity index is 1.72. The van der Waals surface area contributed by atoms with E-state index in [1.165, 1.54) is 0 Å². The third kappa shape index (κ3) is 3.28. The van der Waals surface area contributed by atoms with E-state index in [-0.39, 0.29) is 23.3 Å². The molecule has 1 spiro atoms. The molecule has 1 aromatic carbocycles. The average molecular weight is 365 g/mol. The van der Waals surface area contributed by atoms with Crippen LogP contribution in [0, 0.1) is 5.92 Å². The molecule has 3 rings (SSSR count). The van der Waals surface area contributed by atoms with Gasteiger partial charge in [-0.1, -0.05) is 32.4 Å². The third-order valence-corrected chi connectivity index (χ3v) is 6.61. The molecule has 1 saturated carbocycles. The fraction of sp³-hybridized carbons (Fsp3) is 0.529. The summed E-state index contributed by atoms with van der Waals surface area (Å²) in [5.74, 6) is -0.295. The number of urea groups is 1. The van der Waals surface area contributed by atoms with Crippen LogP contribution in [0.5, 0.6) is 0 Å². The number of benzene rings is 1. The second-order valence-electron chi connectivity index (χ2n) is 7.04. The molecule has 0 radical (unpaired) electrons. The van der Waals surface area contributed by atoms with E-state index in [0.717, 1.165) is 12.0 Å². The van der Waals surface area contributed by atoms with Crippen molar-refractivity contribution in [1.29, 1.82) is 0 Å². The Kier molecular flexibility index (Phi) is 4.59. The highest BCUT2D eigenvalue weighted by molar-refractivity contribution is 7.89. The fourth-order valence-corrected chi connectivity index (χ4v) is 4.73. The molecule has 3 N–H and O–H groups in total. The van der Waals surface area contributed by atoms with Crippen LogP contribution in [0.3, 0.4) is 0 Å². The van der Waals surface area contributed by atoms with Crippen molar-refractivity contribution in [2.45, 2.75) is 49.5 Å². The molecule has 0 aromatic heterocycles. The molecule has 1 saturated heterocycles. The number of amides is 3. The maximum atomic E-state index is 12.5. The fourth-order valence-electron chi connectivity index (χ4n) is 3.65. The van der Waals surface area contributed by atoms with Crippen molar-refractivity contribution in [1.82, 2.24) is 15.4 Å². The Labute approximate surface area is 147 Å². The molecule has 2 fully saturated rings. The standard InChI is InChI=1S/C17H23N3O4S/c1-11(2)12-5-7-14(8-6-12)25(23,24)18-10-13-4-3-9-17(13)15(21)19-16(22)20-17/h5-8,11,13,18H,3-4,9-10H2,1-2H3,(H2,19,20,21,22)/t13-,17+/m1/s1. The molecule has 2 aliphatic rings. The van der Waals surface area contributed by atoms with Crippen LogP contribution in [0.15, 0.2) is 29.2 Å². The largest absolute Gasteiger partial charge is 0.323 e. The number of carbonyl (C=O) groups excluding carboxylic acids is 2. The maximum Gasteiger partial charge on any atom is 0.322 e. The topological polar surface area (TPSA) is 104 Å². The Morgan fingerprint density at radius 2 is 1.92 bits per heavy atom. The highest BCUT2D eigenvalue weighted by Crippen LogP contribution is 2.37. The van der Waals surface area contributed by atoms with Crippen molar-refractivity contribution in [3.05, 3.63) is 29.8 Å². The van der Waals surface area contributed by atoms with Crippen LogP contribution in [-0.2, 0) is 14.8 Å². The molecule has 1 aliphatic carbocycles. The number of hydrogen-bond acceptors (Lipinski definition) is 4. The Morgan fingerprint density at radius 1 is 1.24 bits per heavy atom. The van der Waals surface area contributed by atoms with Crippen molar-refractivity contribution >= 4 is 22.0 Å². The van der Waals surface area contributed by atoms with Crippen molar-refractivity contribution < 1.29 is 18.0 Å². The molecule has 0 bridgehead atoms. The summed E-state index contributed by atoms with van der Waals surface area (Å²) in [6.07, 6.45) is 1.98. The number of imide groups is 1. The number of nitrogens with one attached hydrogen (secondary N) is 3. The lowest BCUT2D eigenvalue weighted by molar-refractivity contribution is -0.125. The van der Waals surface area contributed by atoms with Crippen LogP contribution in [0.2, 0.25) is 0 Å². The maximum absolute atomic E-state index is 12.5. The second kappa shape index (κ2) is 6.42. The predicted molar refractivity (Wildman–Crippen MR) is 92.5 cm³/mol. The first kappa shape index (κ1) is 17.9. The molecule has 1 aromatic rings. The van der Waals surface area contributed by atoms with Gasteiger partial charge in [-0.2, -0.15) is 0 Å². The zero-order valence-corrected chi connectivity index (χ0v) is 15.2. The van der Waals surface area contributed by atoms with Crippen LogP contribution in [0.4, 0.5) is 4.79 Å². The van der Waals surface area contributed by atoms with Crippen LogP contribution in [0.25, 0.3) is 0 Å². The smallest absolute Gasteiger partial charge is 0.322 e. The normalized spacial score (nSPS) is 26.3. The molecule has 7 nitrogen and oxygen atoms in total. The van der Waals surface area contributed by atoms with Crippen LogP contribution < -0.4 is 15.4 Å². The van der Waals surface area contributed by atoms with E-state index in [2.05, 4.69) is 15.4 Å².